The van der Waals surface area contributed by atoms with Gasteiger partial charge in [-0.3, -0.25) is 4.79 Å². The van der Waals surface area contributed by atoms with E-state index in [1.54, 1.807) is 32.0 Å². The first-order valence-corrected chi connectivity index (χ1v) is 9.11. The molecule has 3 N–H and O–H groups in total. The van der Waals surface area contributed by atoms with Crippen LogP contribution >= 0.6 is 0 Å². The molecule has 1 aromatic heterocycles. The molecule has 0 radical (unpaired) electrons. The average Bonchev–Trinajstić information content (AvgIpc) is 2.65. The fourth-order valence-corrected chi connectivity index (χ4v) is 3.16. The summed E-state index contributed by atoms with van der Waals surface area (Å²) in [4.78, 5) is 12.7. The maximum atomic E-state index is 12.7. The number of rotatable bonds is 6. The highest BCUT2D eigenvalue weighted by Gasteiger charge is 2.21. The Bertz CT molecular complexity index is 1110. The predicted octanol–water partition coefficient (Wildman–Crippen LogP) is 3.59. The second-order valence-electron chi connectivity index (χ2n) is 7.45. The number of phenols is 2. The van der Waals surface area contributed by atoms with E-state index in [9.17, 15) is 20.1 Å². The summed E-state index contributed by atoms with van der Waals surface area (Å²) in [5.74, 6) is 0.677. The molecule has 0 fully saturated rings. The van der Waals surface area contributed by atoms with Crippen molar-refractivity contribution < 1.29 is 29.2 Å². The van der Waals surface area contributed by atoms with Gasteiger partial charge >= 0.3 is 0 Å². The zero-order valence-electron chi connectivity index (χ0n) is 16.8. The molecule has 0 aliphatic heterocycles. The number of aromatic hydroxyl groups is 2. The van der Waals surface area contributed by atoms with Gasteiger partial charge in [0.15, 0.2) is 16.9 Å². The first-order valence-electron chi connectivity index (χ1n) is 9.11. The fourth-order valence-electron chi connectivity index (χ4n) is 3.16. The molecule has 3 aromatic rings. The van der Waals surface area contributed by atoms with Gasteiger partial charge in [0.25, 0.3) is 0 Å². The Morgan fingerprint density at radius 2 is 1.69 bits per heavy atom. The highest BCUT2D eigenvalue weighted by molar-refractivity contribution is 5.89. The monoisotopic (exact) mass is 400 g/mol. The van der Waals surface area contributed by atoms with Crippen molar-refractivity contribution >= 4 is 11.0 Å². The maximum Gasteiger partial charge on any atom is 0.197 e. The third-order valence-electron chi connectivity index (χ3n) is 4.72. The number of methoxy groups -OCH3 is 2. The summed E-state index contributed by atoms with van der Waals surface area (Å²) in [5.41, 5.74) is -0.419. The molecule has 0 spiro atoms. The number of phenolic OH excluding ortho intramolecular Hbond substituents is 2. The van der Waals surface area contributed by atoms with E-state index in [0.29, 0.717) is 29.0 Å². The van der Waals surface area contributed by atoms with Crippen LogP contribution in [0.4, 0.5) is 0 Å². The van der Waals surface area contributed by atoms with Crippen LogP contribution in [0.1, 0.15) is 25.8 Å². The number of benzene rings is 2. The minimum Gasteiger partial charge on any atom is -0.507 e. The van der Waals surface area contributed by atoms with Crippen LogP contribution in [0.15, 0.2) is 39.5 Å². The van der Waals surface area contributed by atoms with Crippen LogP contribution in [0.25, 0.3) is 22.3 Å². The van der Waals surface area contributed by atoms with Gasteiger partial charge in [-0.15, -0.1) is 0 Å². The summed E-state index contributed by atoms with van der Waals surface area (Å²) in [6, 6.07) is 7.47. The second kappa shape index (κ2) is 7.67. The summed E-state index contributed by atoms with van der Waals surface area (Å²) >= 11 is 0. The van der Waals surface area contributed by atoms with E-state index in [4.69, 9.17) is 13.9 Å². The van der Waals surface area contributed by atoms with Gasteiger partial charge < -0.3 is 29.2 Å². The molecule has 7 heteroatoms. The third kappa shape index (κ3) is 4.14. The molecule has 29 heavy (non-hydrogen) atoms. The van der Waals surface area contributed by atoms with Gasteiger partial charge in [-0.2, -0.15) is 0 Å². The molecule has 0 saturated carbocycles. The maximum absolute atomic E-state index is 12.7. The van der Waals surface area contributed by atoms with Gasteiger partial charge in [-0.25, -0.2) is 0 Å². The van der Waals surface area contributed by atoms with E-state index in [0.717, 1.165) is 6.07 Å². The summed E-state index contributed by atoms with van der Waals surface area (Å²) in [7, 11) is 3.02. The molecule has 7 nitrogen and oxygen atoms in total. The molecular weight excluding hydrogens is 376 g/mol. The van der Waals surface area contributed by atoms with Crippen LogP contribution in [0.2, 0.25) is 0 Å². The zero-order chi connectivity index (χ0) is 21.3. The Morgan fingerprint density at radius 1 is 1.00 bits per heavy atom. The average molecular weight is 400 g/mol. The largest absolute Gasteiger partial charge is 0.507 e. The second-order valence-corrected chi connectivity index (χ2v) is 7.45. The lowest BCUT2D eigenvalue weighted by Crippen LogP contribution is -2.19. The van der Waals surface area contributed by atoms with E-state index in [1.807, 2.05) is 0 Å². The highest BCUT2D eigenvalue weighted by Crippen LogP contribution is 2.38. The van der Waals surface area contributed by atoms with Gasteiger partial charge in [-0.05, 0) is 44.9 Å². The van der Waals surface area contributed by atoms with Crippen molar-refractivity contribution in [1.82, 2.24) is 0 Å². The minimum absolute atomic E-state index is 0.0160. The van der Waals surface area contributed by atoms with Gasteiger partial charge in [0.1, 0.15) is 28.2 Å². The Hall–Kier alpha value is -3.19. The normalized spacial score (nSPS) is 11.6. The molecule has 3 rings (SSSR count). The molecule has 2 aromatic carbocycles. The van der Waals surface area contributed by atoms with E-state index in [-0.39, 0.29) is 34.6 Å². The number of aliphatic hydroxyl groups is 1. The molecule has 0 atom stereocenters. The number of hydrogen-bond acceptors (Lipinski definition) is 7. The number of aryl methyl sites for hydroxylation is 1. The summed E-state index contributed by atoms with van der Waals surface area (Å²) in [6.07, 6.45) is 0.579. The summed E-state index contributed by atoms with van der Waals surface area (Å²) in [5, 5.41) is 30.6. The molecule has 1 heterocycles. The molecule has 0 aliphatic carbocycles. The molecule has 0 saturated heterocycles. The first kappa shape index (κ1) is 20.5. The van der Waals surface area contributed by atoms with Crippen molar-refractivity contribution in [2.45, 2.75) is 32.3 Å². The molecule has 0 unspecified atom stereocenters. The zero-order valence-corrected chi connectivity index (χ0v) is 16.8. The lowest BCUT2D eigenvalue weighted by molar-refractivity contribution is 0.0713. The Labute approximate surface area is 167 Å². The predicted molar refractivity (Wildman–Crippen MR) is 109 cm³/mol. The van der Waals surface area contributed by atoms with E-state index in [1.165, 1.54) is 20.3 Å². The Kier molecular flexibility index (Phi) is 5.44. The van der Waals surface area contributed by atoms with Crippen molar-refractivity contribution in [1.29, 1.82) is 0 Å². The summed E-state index contributed by atoms with van der Waals surface area (Å²) in [6.45, 7) is 3.30. The van der Waals surface area contributed by atoms with Crippen LogP contribution in [0.5, 0.6) is 23.0 Å². The van der Waals surface area contributed by atoms with E-state index >= 15 is 0 Å². The number of fused-ring (bicyclic) bond motifs is 1. The van der Waals surface area contributed by atoms with Crippen molar-refractivity contribution in [3.05, 3.63) is 46.1 Å². The van der Waals surface area contributed by atoms with Crippen LogP contribution in [0.3, 0.4) is 0 Å². The standard InChI is InChI=1S/C22H24O7/c1-22(2,26)8-7-13-14(23)10-15(24)20-16(25)11-18(29-21(13)20)12-5-6-17(27-3)19(9-12)28-4/h5-6,9-11,23-24,26H,7-8H2,1-4H3. The smallest absolute Gasteiger partial charge is 0.197 e. The van der Waals surface area contributed by atoms with Crippen LogP contribution in [-0.4, -0.2) is 35.1 Å². The van der Waals surface area contributed by atoms with E-state index in [2.05, 4.69) is 0 Å². The van der Waals surface area contributed by atoms with Crippen LogP contribution in [-0.2, 0) is 6.42 Å². The topological polar surface area (TPSA) is 109 Å². The van der Waals surface area contributed by atoms with Gasteiger partial charge in [0.05, 0.1) is 19.8 Å². The van der Waals surface area contributed by atoms with Crippen molar-refractivity contribution in [2.75, 3.05) is 14.2 Å². The van der Waals surface area contributed by atoms with Crippen molar-refractivity contribution in [3.63, 3.8) is 0 Å². The summed E-state index contributed by atoms with van der Waals surface area (Å²) < 4.78 is 16.5. The molecule has 154 valence electrons. The highest BCUT2D eigenvalue weighted by atomic mass is 16.5. The van der Waals surface area contributed by atoms with Gasteiger partial charge in [-0.1, -0.05) is 0 Å². The minimum atomic E-state index is -0.974. The third-order valence-corrected chi connectivity index (χ3v) is 4.72. The van der Waals surface area contributed by atoms with Crippen molar-refractivity contribution in [3.8, 4) is 34.3 Å². The van der Waals surface area contributed by atoms with Crippen LogP contribution in [0, 0.1) is 0 Å². The lowest BCUT2D eigenvalue weighted by Gasteiger charge is -2.18. The van der Waals surface area contributed by atoms with Crippen molar-refractivity contribution in [2.24, 2.45) is 0 Å². The van der Waals surface area contributed by atoms with Crippen LogP contribution < -0.4 is 14.9 Å². The molecular formula is C22H24O7. The Balaban J connectivity index is 2.22. The molecule has 0 bridgehead atoms. The molecule has 0 amide bonds. The fraction of sp³-hybridized carbons (Fsp3) is 0.318. The number of hydrogen-bond donors (Lipinski definition) is 3. The molecule has 0 aliphatic rings. The van der Waals surface area contributed by atoms with E-state index < -0.39 is 11.0 Å². The first-order chi connectivity index (χ1) is 13.6. The van der Waals surface area contributed by atoms with Gasteiger partial charge in [0, 0.05) is 23.3 Å². The number of ether oxygens (including phenoxy) is 2. The SMILES string of the molecule is COc1ccc(-c2cc(=O)c3c(O)cc(O)c(CCC(C)(C)O)c3o2)cc1OC. The Morgan fingerprint density at radius 3 is 2.31 bits per heavy atom. The van der Waals surface area contributed by atoms with Gasteiger partial charge in [0.2, 0.25) is 0 Å². The lowest BCUT2D eigenvalue weighted by atomic mass is 9.96. The quantitative estimate of drug-likeness (QED) is 0.580.